The summed E-state index contributed by atoms with van der Waals surface area (Å²) in [6.45, 7) is 9.79. The lowest BCUT2D eigenvalue weighted by Gasteiger charge is -2.32. The normalized spacial score (nSPS) is 13.1. The maximum absolute atomic E-state index is 5.20. The first-order chi connectivity index (χ1) is 16.1. The number of aryl methyl sites for hydroxylation is 1. The summed E-state index contributed by atoms with van der Waals surface area (Å²) in [7, 11) is 0. The Morgan fingerprint density at radius 1 is 0.848 bits per heavy atom. The summed E-state index contributed by atoms with van der Waals surface area (Å²) in [4.78, 5) is 8.88. The zero-order chi connectivity index (χ0) is 22.8. The summed E-state index contributed by atoms with van der Waals surface area (Å²) in [5, 5.41) is 1.08. The van der Waals surface area contributed by atoms with Crippen molar-refractivity contribution in [3.8, 4) is 0 Å². The van der Waals surface area contributed by atoms with Crippen LogP contribution in [0.1, 0.15) is 38.3 Å². The number of fused-ring (bicyclic) bond motifs is 1. The van der Waals surface area contributed by atoms with Crippen LogP contribution in [0.2, 0.25) is 0 Å². The summed E-state index contributed by atoms with van der Waals surface area (Å²) >= 11 is 1.80. The van der Waals surface area contributed by atoms with Crippen LogP contribution < -0.4 is 0 Å². The number of thiophene rings is 1. The Labute approximate surface area is 200 Å². The molecule has 0 saturated carbocycles. The average molecular weight is 449 g/mol. The summed E-state index contributed by atoms with van der Waals surface area (Å²) in [6, 6.07) is 29.9. The van der Waals surface area contributed by atoms with Gasteiger partial charge in [0, 0.05) is 34.7 Å². The first-order valence-electron chi connectivity index (χ1n) is 11.4. The molecule has 0 unspecified atom stereocenters. The highest BCUT2D eigenvalue weighted by atomic mass is 32.1. The Morgan fingerprint density at radius 3 is 2.27 bits per heavy atom. The van der Waals surface area contributed by atoms with Gasteiger partial charge in [0.15, 0.2) is 0 Å². The molecule has 2 nitrogen and oxygen atoms in total. The molecule has 5 rings (SSSR count). The van der Waals surface area contributed by atoms with Gasteiger partial charge in [0.05, 0.1) is 0 Å². The Bertz CT molecular complexity index is 1320. The van der Waals surface area contributed by atoms with Crippen LogP contribution in [0.5, 0.6) is 0 Å². The van der Waals surface area contributed by atoms with Crippen LogP contribution in [-0.4, -0.2) is 17.3 Å². The molecule has 164 valence electrons. The highest BCUT2D eigenvalue weighted by Crippen LogP contribution is 2.44. The van der Waals surface area contributed by atoms with Crippen molar-refractivity contribution in [2.24, 2.45) is 4.99 Å². The number of benzene rings is 3. The van der Waals surface area contributed by atoms with Crippen molar-refractivity contribution < 1.29 is 0 Å². The fourth-order valence-corrected chi connectivity index (χ4v) is 5.72. The van der Waals surface area contributed by atoms with E-state index in [1.54, 1.807) is 11.3 Å². The second-order valence-electron chi connectivity index (χ2n) is 8.63. The van der Waals surface area contributed by atoms with E-state index in [2.05, 4.69) is 110 Å². The molecule has 1 aromatic heterocycles. The molecule has 0 saturated heterocycles. The fourth-order valence-electron chi connectivity index (χ4n) is 4.49. The summed E-state index contributed by atoms with van der Waals surface area (Å²) in [6.07, 6.45) is 1.87. The number of rotatable bonds is 6. The lowest BCUT2D eigenvalue weighted by atomic mass is 10.0. The van der Waals surface area contributed by atoms with E-state index < -0.39 is 0 Å². The van der Waals surface area contributed by atoms with E-state index in [0.29, 0.717) is 0 Å². The largest absolute Gasteiger partial charge is 0.325 e. The molecule has 3 aromatic carbocycles. The van der Waals surface area contributed by atoms with Crippen molar-refractivity contribution in [1.29, 1.82) is 0 Å². The Morgan fingerprint density at radius 2 is 1.55 bits per heavy atom. The molecule has 2 heterocycles. The molecule has 1 aliphatic heterocycles. The summed E-state index contributed by atoms with van der Waals surface area (Å²) < 4.78 is 0. The molecule has 0 bridgehead atoms. The zero-order valence-electron chi connectivity index (χ0n) is 19.2. The summed E-state index contributed by atoms with van der Waals surface area (Å²) in [5.74, 6) is 0.994. The van der Waals surface area contributed by atoms with Gasteiger partial charge in [-0.1, -0.05) is 97.1 Å². The lowest BCUT2D eigenvalue weighted by Crippen LogP contribution is -2.33. The Hall–Kier alpha value is -3.43. The Kier molecular flexibility index (Phi) is 5.97. The molecular formula is C30H28N2S. The first-order valence-corrected chi connectivity index (χ1v) is 12.2. The molecule has 3 heteroatoms. The number of nitrogens with zero attached hydrogens (tertiary/aromatic N) is 2. The SMILES string of the molecule is C=C1c2c(sc(Cc3ccccc3)c2C)N=C(c2ccccc2)N1CCc1cccc(C)c1. The molecular weight excluding hydrogens is 420 g/mol. The van der Waals surface area contributed by atoms with Gasteiger partial charge in [-0.25, -0.2) is 4.99 Å². The third kappa shape index (κ3) is 4.42. The minimum atomic E-state index is 0.846. The van der Waals surface area contributed by atoms with Gasteiger partial charge in [0.2, 0.25) is 0 Å². The molecule has 4 aromatic rings. The van der Waals surface area contributed by atoms with Crippen molar-refractivity contribution >= 4 is 27.9 Å². The van der Waals surface area contributed by atoms with Crippen LogP contribution in [-0.2, 0) is 12.8 Å². The van der Waals surface area contributed by atoms with E-state index in [4.69, 9.17) is 4.99 Å². The molecule has 0 radical (unpaired) electrons. The van der Waals surface area contributed by atoms with Crippen LogP contribution in [0.4, 0.5) is 5.00 Å². The van der Waals surface area contributed by atoms with Gasteiger partial charge in [0.25, 0.3) is 0 Å². The third-order valence-electron chi connectivity index (χ3n) is 6.25. The maximum atomic E-state index is 5.20. The highest BCUT2D eigenvalue weighted by molar-refractivity contribution is 7.16. The smallest absolute Gasteiger partial charge is 0.142 e. The van der Waals surface area contributed by atoms with Gasteiger partial charge >= 0.3 is 0 Å². The highest BCUT2D eigenvalue weighted by Gasteiger charge is 2.29. The van der Waals surface area contributed by atoms with E-state index in [0.717, 1.165) is 41.5 Å². The van der Waals surface area contributed by atoms with Gasteiger partial charge in [-0.05, 0) is 37.0 Å². The molecule has 0 N–H and O–H groups in total. The lowest BCUT2D eigenvalue weighted by molar-refractivity contribution is 0.578. The second-order valence-corrected chi connectivity index (χ2v) is 9.72. The van der Waals surface area contributed by atoms with Crippen LogP contribution in [0.15, 0.2) is 96.5 Å². The van der Waals surface area contributed by atoms with E-state index in [9.17, 15) is 0 Å². The van der Waals surface area contributed by atoms with Crippen LogP contribution in [0.3, 0.4) is 0 Å². The topological polar surface area (TPSA) is 15.6 Å². The van der Waals surface area contributed by atoms with Gasteiger partial charge < -0.3 is 4.90 Å². The predicted molar refractivity (Wildman–Crippen MR) is 142 cm³/mol. The number of hydrogen-bond donors (Lipinski definition) is 0. The monoisotopic (exact) mass is 448 g/mol. The molecule has 0 spiro atoms. The van der Waals surface area contributed by atoms with Gasteiger partial charge in [-0.2, -0.15) is 0 Å². The predicted octanol–water partition coefficient (Wildman–Crippen LogP) is 7.56. The van der Waals surface area contributed by atoms with Crippen molar-refractivity contribution in [3.05, 3.63) is 130 Å². The molecule has 0 fully saturated rings. The first kappa shape index (κ1) is 21.4. The van der Waals surface area contributed by atoms with Crippen molar-refractivity contribution in [2.75, 3.05) is 6.54 Å². The van der Waals surface area contributed by atoms with Crippen molar-refractivity contribution in [3.63, 3.8) is 0 Å². The van der Waals surface area contributed by atoms with Crippen LogP contribution in [0.25, 0.3) is 5.70 Å². The van der Waals surface area contributed by atoms with Crippen LogP contribution >= 0.6 is 11.3 Å². The number of hydrogen-bond acceptors (Lipinski definition) is 3. The number of aliphatic imine (C=N–C) groups is 1. The minimum Gasteiger partial charge on any atom is -0.325 e. The molecule has 1 aliphatic rings. The molecule has 0 amide bonds. The van der Waals surface area contributed by atoms with Crippen LogP contribution in [0, 0.1) is 13.8 Å². The van der Waals surface area contributed by atoms with E-state index in [-0.39, 0.29) is 0 Å². The maximum Gasteiger partial charge on any atom is 0.142 e. The number of amidine groups is 1. The van der Waals surface area contributed by atoms with Crippen molar-refractivity contribution in [2.45, 2.75) is 26.7 Å². The standard InChI is InChI=1S/C30H28N2S/c1-21-11-10-14-25(19-21)17-18-32-23(3)28-22(2)27(20-24-12-6-4-7-13-24)33-30(28)31-29(32)26-15-8-5-9-16-26/h4-16,19H,3,17-18,20H2,1-2H3. The van der Waals surface area contributed by atoms with Gasteiger partial charge in [-0.15, -0.1) is 11.3 Å². The van der Waals surface area contributed by atoms with Gasteiger partial charge in [0.1, 0.15) is 10.8 Å². The summed E-state index contributed by atoms with van der Waals surface area (Å²) in [5.41, 5.74) is 8.66. The quantitative estimate of drug-likeness (QED) is 0.297. The van der Waals surface area contributed by atoms with Crippen molar-refractivity contribution in [1.82, 2.24) is 4.90 Å². The fraction of sp³-hybridized carbons (Fsp3) is 0.167. The zero-order valence-corrected chi connectivity index (χ0v) is 20.0. The minimum absolute atomic E-state index is 0.846. The second kappa shape index (κ2) is 9.21. The molecule has 33 heavy (non-hydrogen) atoms. The molecule has 0 aliphatic carbocycles. The average Bonchev–Trinajstić information content (AvgIpc) is 3.14. The molecule has 0 atom stereocenters. The Balaban J connectivity index is 1.52. The van der Waals surface area contributed by atoms with E-state index in [1.165, 1.54) is 32.7 Å². The third-order valence-corrected chi connectivity index (χ3v) is 7.44. The van der Waals surface area contributed by atoms with E-state index >= 15 is 0 Å². The van der Waals surface area contributed by atoms with Gasteiger partial charge in [-0.3, -0.25) is 0 Å². The van der Waals surface area contributed by atoms with E-state index in [1.807, 2.05) is 0 Å².